The van der Waals surface area contributed by atoms with Gasteiger partial charge in [-0.25, -0.2) is 23.1 Å². The molecule has 0 amide bonds. The van der Waals surface area contributed by atoms with Crippen molar-refractivity contribution in [3.05, 3.63) is 54.9 Å². The van der Waals surface area contributed by atoms with Crippen molar-refractivity contribution in [3.63, 3.8) is 0 Å². The molecule has 4 rings (SSSR count). The normalized spacial score (nSPS) is 12.0. The number of aromatic amines is 1. The van der Waals surface area contributed by atoms with Crippen LogP contribution in [0.4, 0.5) is 0 Å². The summed E-state index contributed by atoms with van der Waals surface area (Å²) < 4.78 is 26.5. The molecule has 0 aliphatic rings. The number of sulfonamides is 1. The minimum atomic E-state index is -3.51. The summed E-state index contributed by atoms with van der Waals surface area (Å²) in [6.07, 6.45) is 1.48. The highest BCUT2D eigenvalue weighted by molar-refractivity contribution is 7.89. The first-order chi connectivity index (χ1) is 11.6. The highest BCUT2D eigenvalue weighted by Gasteiger charge is 2.16. The summed E-state index contributed by atoms with van der Waals surface area (Å²) in [6.45, 7) is 0. The van der Waals surface area contributed by atoms with Crippen LogP contribution in [0.25, 0.3) is 33.2 Å². The number of benzene rings is 2. The van der Waals surface area contributed by atoms with E-state index < -0.39 is 10.0 Å². The summed E-state index contributed by atoms with van der Waals surface area (Å²) in [6, 6.07) is 14.6. The standard InChI is InChI=1S/C17H14N4O2S/c1-18-24(22,23)12-6-4-5-11(9-12)16-15-13-7-2-3-8-14(13)21-17(15)20-10-19-16/h2-10,18H,1H3,(H,19,20,21). The number of aromatic nitrogens is 3. The van der Waals surface area contributed by atoms with Gasteiger partial charge in [0.05, 0.1) is 16.0 Å². The van der Waals surface area contributed by atoms with Crippen LogP contribution < -0.4 is 4.72 Å². The maximum Gasteiger partial charge on any atom is 0.240 e. The van der Waals surface area contributed by atoms with Crippen LogP contribution in [-0.4, -0.2) is 30.4 Å². The van der Waals surface area contributed by atoms with E-state index in [1.54, 1.807) is 18.2 Å². The van der Waals surface area contributed by atoms with E-state index in [1.807, 2.05) is 30.3 Å². The van der Waals surface area contributed by atoms with Gasteiger partial charge in [-0.1, -0.05) is 30.3 Å². The van der Waals surface area contributed by atoms with Gasteiger partial charge in [-0.2, -0.15) is 0 Å². The van der Waals surface area contributed by atoms with E-state index in [0.717, 1.165) is 27.5 Å². The summed E-state index contributed by atoms with van der Waals surface area (Å²) in [4.78, 5) is 12.2. The molecule has 0 aliphatic heterocycles. The zero-order valence-electron chi connectivity index (χ0n) is 12.8. The lowest BCUT2D eigenvalue weighted by Crippen LogP contribution is -2.18. The largest absolute Gasteiger partial charge is 0.339 e. The molecule has 24 heavy (non-hydrogen) atoms. The van der Waals surface area contributed by atoms with Gasteiger partial charge in [0, 0.05) is 16.5 Å². The highest BCUT2D eigenvalue weighted by Crippen LogP contribution is 2.32. The molecule has 7 heteroatoms. The van der Waals surface area contributed by atoms with Gasteiger partial charge in [0.25, 0.3) is 0 Å². The second-order valence-corrected chi connectivity index (χ2v) is 7.24. The third kappa shape index (κ3) is 2.26. The van der Waals surface area contributed by atoms with Crippen LogP contribution in [0.2, 0.25) is 0 Å². The maximum absolute atomic E-state index is 12.1. The fraction of sp³-hybridized carbons (Fsp3) is 0.0588. The van der Waals surface area contributed by atoms with Crippen molar-refractivity contribution in [1.82, 2.24) is 19.7 Å². The minimum Gasteiger partial charge on any atom is -0.339 e. The second kappa shape index (κ2) is 5.40. The Bertz CT molecular complexity index is 1170. The number of nitrogens with one attached hydrogen (secondary N) is 2. The molecule has 0 radical (unpaired) electrons. The predicted molar refractivity (Wildman–Crippen MR) is 93.1 cm³/mol. The van der Waals surface area contributed by atoms with Gasteiger partial charge < -0.3 is 4.98 Å². The topological polar surface area (TPSA) is 87.7 Å². The van der Waals surface area contributed by atoms with Crippen LogP contribution in [0.5, 0.6) is 0 Å². The van der Waals surface area contributed by atoms with E-state index in [4.69, 9.17) is 0 Å². The van der Waals surface area contributed by atoms with E-state index in [9.17, 15) is 8.42 Å². The van der Waals surface area contributed by atoms with E-state index >= 15 is 0 Å². The molecule has 2 heterocycles. The smallest absolute Gasteiger partial charge is 0.240 e. The summed E-state index contributed by atoms with van der Waals surface area (Å²) >= 11 is 0. The van der Waals surface area contributed by atoms with Crippen molar-refractivity contribution in [2.45, 2.75) is 4.90 Å². The third-order valence-corrected chi connectivity index (χ3v) is 5.40. The van der Waals surface area contributed by atoms with Gasteiger partial charge in [-0.3, -0.25) is 0 Å². The number of nitrogens with zero attached hydrogens (tertiary/aromatic N) is 2. The highest BCUT2D eigenvalue weighted by atomic mass is 32.2. The number of hydrogen-bond donors (Lipinski definition) is 2. The molecule has 2 aromatic carbocycles. The van der Waals surface area contributed by atoms with Gasteiger partial charge in [0.2, 0.25) is 10.0 Å². The van der Waals surface area contributed by atoms with Crippen molar-refractivity contribution in [1.29, 1.82) is 0 Å². The quantitative estimate of drug-likeness (QED) is 0.601. The van der Waals surface area contributed by atoms with Crippen molar-refractivity contribution in [2.75, 3.05) is 7.05 Å². The summed E-state index contributed by atoms with van der Waals surface area (Å²) in [7, 11) is -2.12. The average Bonchev–Trinajstić information content (AvgIpc) is 3.00. The van der Waals surface area contributed by atoms with Crippen LogP contribution in [-0.2, 0) is 10.0 Å². The molecule has 0 fully saturated rings. The third-order valence-electron chi connectivity index (χ3n) is 3.98. The summed E-state index contributed by atoms with van der Waals surface area (Å²) in [5.74, 6) is 0. The second-order valence-electron chi connectivity index (χ2n) is 5.35. The number of para-hydroxylation sites is 1. The van der Waals surface area contributed by atoms with E-state index in [0.29, 0.717) is 5.69 Å². The Morgan fingerprint density at radius 2 is 1.88 bits per heavy atom. The molecule has 4 aromatic rings. The Kier molecular flexibility index (Phi) is 3.33. The van der Waals surface area contributed by atoms with Gasteiger partial charge in [-0.15, -0.1) is 0 Å². The molecule has 2 aromatic heterocycles. The van der Waals surface area contributed by atoms with Crippen LogP contribution >= 0.6 is 0 Å². The number of fused-ring (bicyclic) bond motifs is 3. The fourth-order valence-electron chi connectivity index (χ4n) is 2.82. The zero-order valence-corrected chi connectivity index (χ0v) is 13.6. The maximum atomic E-state index is 12.1. The summed E-state index contributed by atoms with van der Waals surface area (Å²) in [5, 5.41) is 1.89. The van der Waals surface area contributed by atoms with Gasteiger partial charge >= 0.3 is 0 Å². The molecule has 0 unspecified atom stereocenters. The average molecular weight is 338 g/mol. The molecule has 2 N–H and O–H groups in total. The van der Waals surface area contributed by atoms with Crippen LogP contribution in [0, 0.1) is 0 Å². The molecule has 0 saturated heterocycles. The number of hydrogen-bond acceptors (Lipinski definition) is 4. The predicted octanol–water partition coefficient (Wildman–Crippen LogP) is 2.69. The molecule has 120 valence electrons. The fourth-order valence-corrected chi connectivity index (χ4v) is 3.60. The molecule has 0 spiro atoms. The van der Waals surface area contributed by atoms with Gasteiger partial charge in [0.15, 0.2) is 0 Å². The van der Waals surface area contributed by atoms with E-state index in [-0.39, 0.29) is 4.90 Å². The first-order valence-corrected chi connectivity index (χ1v) is 8.84. The lowest BCUT2D eigenvalue weighted by molar-refractivity contribution is 0.588. The minimum absolute atomic E-state index is 0.203. The Balaban J connectivity index is 2.02. The van der Waals surface area contributed by atoms with Crippen LogP contribution in [0.3, 0.4) is 0 Å². The monoisotopic (exact) mass is 338 g/mol. The Hall–Kier alpha value is -2.77. The first kappa shape index (κ1) is 14.8. The lowest BCUT2D eigenvalue weighted by Gasteiger charge is -2.06. The summed E-state index contributed by atoms with van der Waals surface area (Å²) in [5.41, 5.74) is 3.12. The lowest BCUT2D eigenvalue weighted by atomic mass is 10.1. The molecule has 0 atom stereocenters. The Morgan fingerprint density at radius 3 is 2.71 bits per heavy atom. The Morgan fingerprint density at radius 1 is 1.04 bits per heavy atom. The molecular formula is C17H14N4O2S. The van der Waals surface area contributed by atoms with Crippen molar-refractivity contribution in [2.24, 2.45) is 0 Å². The van der Waals surface area contributed by atoms with E-state index in [1.165, 1.54) is 13.4 Å². The van der Waals surface area contributed by atoms with Gasteiger partial charge in [0.1, 0.15) is 12.0 Å². The number of H-pyrrole nitrogens is 1. The van der Waals surface area contributed by atoms with E-state index in [2.05, 4.69) is 19.7 Å². The number of rotatable bonds is 3. The molecule has 6 nitrogen and oxygen atoms in total. The van der Waals surface area contributed by atoms with Crippen molar-refractivity contribution >= 4 is 32.0 Å². The van der Waals surface area contributed by atoms with Crippen molar-refractivity contribution in [3.8, 4) is 11.3 Å². The molecular weight excluding hydrogens is 324 g/mol. The molecule has 0 bridgehead atoms. The first-order valence-electron chi connectivity index (χ1n) is 7.35. The Labute approximate surface area is 138 Å². The van der Waals surface area contributed by atoms with Crippen LogP contribution in [0.1, 0.15) is 0 Å². The van der Waals surface area contributed by atoms with Gasteiger partial charge in [-0.05, 0) is 25.2 Å². The molecule has 0 saturated carbocycles. The molecule has 0 aliphatic carbocycles. The SMILES string of the molecule is CNS(=O)(=O)c1cccc(-c2ncnc3[nH]c4ccccc4c23)c1. The van der Waals surface area contributed by atoms with Crippen LogP contribution in [0.15, 0.2) is 59.8 Å². The van der Waals surface area contributed by atoms with Crippen molar-refractivity contribution < 1.29 is 8.42 Å². The zero-order chi connectivity index (χ0) is 16.7.